The molecule has 0 bridgehead atoms. The fraction of sp³-hybridized carbons (Fsp3) is 0.176. The second kappa shape index (κ2) is 7.92. The number of nitro groups is 1. The maximum Gasteiger partial charge on any atom is 0.287 e. The van der Waals surface area contributed by atoms with Crippen LogP contribution in [0.25, 0.3) is 0 Å². The first kappa shape index (κ1) is 18.5. The molecule has 1 aromatic carbocycles. The van der Waals surface area contributed by atoms with E-state index in [9.17, 15) is 14.9 Å². The average molecular weight is 391 g/mol. The number of nitrogens with zero attached hydrogens (tertiary/aromatic N) is 3. The van der Waals surface area contributed by atoms with Gasteiger partial charge in [-0.1, -0.05) is 11.6 Å². The molecule has 2 heterocycles. The van der Waals surface area contributed by atoms with Crippen LogP contribution in [0.2, 0.25) is 5.02 Å². The van der Waals surface area contributed by atoms with E-state index < -0.39 is 4.92 Å². The van der Waals surface area contributed by atoms with Gasteiger partial charge in [-0.3, -0.25) is 19.6 Å². The first-order valence-corrected chi connectivity index (χ1v) is 8.22. The summed E-state index contributed by atoms with van der Waals surface area (Å²) >= 11 is 5.98. The van der Waals surface area contributed by atoms with Crippen molar-refractivity contribution in [3.8, 4) is 5.75 Å². The molecule has 1 amide bonds. The van der Waals surface area contributed by atoms with Crippen LogP contribution in [0.3, 0.4) is 0 Å². The third-order valence-corrected chi connectivity index (χ3v) is 4.05. The highest BCUT2D eigenvalue weighted by Gasteiger charge is 2.14. The van der Waals surface area contributed by atoms with Crippen LogP contribution in [-0.4, -0.2) is 20.6 Å². The fourth-order valence-electron chi connectivity index (χ4n) is 2.28. The van der Waals surface area contributed by atoms with E-state index in [1.54, 1.807) is 30.1 Å². The van der Waals surface area contributed by atoms with Crippen LogP contribution in [0.1, 0.15) is 22.0 Å². The van der Waals surface area contributed by atoms with E-state index in [0.717, 1.165) is 5.69 Å². The monoisotopic (exact) mass is 390 g/mol. The van der Waals surface area contributed by atoms with Crippen molar-refractivity contribution in [2.24, 2.45) is 7.05 Å². The van der Waals surface area contributed by atoms with Crippen LogP contribution in [0, 0.1) is 10.1 Å². The number of hydrogen-bond acceptors (Lipinski definition) is 6. The number of rotatable bonds is 7. The first-order chi connectivity index (χ1) is 12.9. The molecule has 10 heteroatoms. The summed E-state index contributed by atoms with van der Waals surface area (Å²) in [6.07, 6.45) is 1.64. The van der Waals surface area contributed by atoms with Gasteiger partial charge in [0.05, 0.1) is 28.3 Å². The van der Waals surface area contributed by atoms with E-state index >= 15 is 0 Å². The summed E-state index contributed by atoms with van der Waals surface area (Å²) in [7, 11) is 1.78. The third-order valence-electron chi connectivity index (χ3n) is 3.73. The number of halogens is 1. The Morgan fingerprint density at radius 1 is 1.37 bits per heavy atom. The molecule has 0 aliphatic heterocycles. The first-order valence-electron chi connectivity index (χ1n) is 7.84. The van der Waals surface area contributed by atoms with Crippen LogP contribution < -0.4 is 10.1 Å². The molecule has 0 radical (unpaired) electrons. The number of furan rings is 1. The summed E-state index contributed by atoms with van der Waals surface area (Å²) < 4.78 is 12.6. The Hall–Kier alpha value is -3.33. The largest absolute Gasteiger partial charge is 0.484 e. The zero-order valence-corrected chi connectivity index (χ0v) is 15.0. The van der Waals surface area contributed by atoms with E-state index in [-0.39, 0.29) is 34.7 Å². The van der Waals surface area contributed by atoms with Crippen molar-refractivity contribution in [1.29, 1.82) is 0 Å². The van der Waals surface area contributed by atoms with Gasteiger partial charge in [0, 0.05) is 19.3 Å². The van der Waals surface area contributed by atoms with Gasteiger partial charge in [-0.15, -0.1) is 0 Å². The highest BCUT2D eigenvalue weighted by atomic mass is 35.5. The molecule has 0 aliphatic rings. The maximum absolute atomic E-state index is 12.1. The molecule has 1 N–H and O–H groups in total. The summed E-state index contributed by atoms with van der Waals surface area (Å²) in [6, 6.07) is 8.80. The second-order valence-electron chi connectivity index (χ2n) is 5.56. The average Bonchev–Trinajstić information content (AvgIpc) is 3.28. The predicted octanol–water partition coefficient (Wildman–Crippen LogP) is 3.08. The molecular weight excluding hydrogens is 376 g/mol. The minimum Gasteiger partial charge on any atom is -0.484 e. The zero-order valence-electron chi connectivity index (χ0n) is 14.2. The molecule has 3 rings (SSSR count). The summed E-state index contributed by atoms with van der Waals surface area (Å²) in [6.45, 7) is 0.279. The van der Waals surface area contributed by atoms with Gasteiger partial charge in [-0.25, -0.2) is 0 Å². The molecule has 27 heavy (non-hydrogen) atoms. The van der Waals surface area contributed by atoms with Gasteiger partial charge in [0.15, 0.2) is 5.76 Å². The van der Waals surface area contributed by atoms with E-state index in [2.05, 4.69) is 10.4 Å². The van der Waals surface area contributed by atoms with Gasteiger partial charge in [-0.05, 0) is 24.3 Å². The van der Waals surface area contributed by atoms with Crippen molar-refractivity contribution in [1.82, 2.24) is 15.1 Å². The SMILES string of the molecule is Cn1nccc1CNC(=O)c1ccc(COc2cc([N+](=O)[O-])ccc2Cl)o1. The molecule has 0 atom stereocenters. The fourth-order valence-corrected chi connectivity index (χ4v) is 2.45. The zero-order chi connectivity index (χ0) is 19.4. The summed E-state index contributed by atoms with van der Waals surface area (Å²) in [5.74, 6) is 0.282. The van der Waals surface area contributed by atoms with Crippen molar-refractivity contribution < 1.29 is 18.9 Å². The minimum atomic E-state index is -0.541. The van der Waals surface area contributed by atoms with Gasteiger partial charge >= 0.3 is 0 Å². The number of nitrogens with one attached hydrogen (secondary N) is 1. The van der Waals surface area contributed by atoms with Crippen molar-refractivity contribution in [3.05, 3.63) is 74.9 Å². The van der Waals surface area contributed by atoms with Crippen molar-refractivity contribution >= 4 is 23.2 Å². The number of hydrogen-bond donors (Lipinski definition) is 1. The predicted molar refractivity (Wildman–Crippen MR) is 95.5 cm³/mol. The topological polar surface area (TPSA) is 112 Å². The number of aryl methyl sites for hydroxylation is 1. The lowest BCUT2D eigenvalue weighted by Gasteiger charge is -2.06. The Balaban J connectivity index is 1.59. The van der Waals surface area contributed by atoms with Crippen LogP contribution >= 0.6 is 11.6 Å². The van der Waals surface area contributed by atoms with E-state index in [1.165, 1.54) is 24.3 Å². The maximum atomic E-state index is 12.1. The molecule has 140 valence electrons. The molecule has 2 aromatic heterocycles. The molecule has 3 aromatic rings. The van der Waals surface area contributed by atoms with Gasteiger partial charge in [0.1, 0.15) is 18.1 Å². The number of carbonyl (C=O) groups excluding carboxylic acids is 1. The van der Waals surface area contributed by atoms with Gasteiger partial charge < -0.3 is 14.5 Å². The number of ether oxygens (including phenoxy) is 1. The summed E-state index contributed by atoms with van der Waals surface area (Å²) in [4.78, 5) is 22.4. The van der Waals surface area contributed by atoms with Gasteiger partial charge in [0.2, 0.25) is 0 Å². The standard InChI is InChI=1S/C17H15ClN4O5/c1-21-12(6-7-20-21)9-19-17(23)15-5-3-13(27-15)10-26-16-8-11(22(24)25)2-4-14(16)18/h2-8H,9-10H2,1H3,(H,19,23). The van der Waals surface area contributed by atoms with Crippen LogP contribution in [0.4, 0.5) is 5.69 Å². The van der Waals surface area contributed by atoms with Crippen LogP contribution in [0.15, 0.2) is 47.0 Å². The Morgan fingerprint density at radius 2 is 2.19 bits per heavy atom. The van der Waals surface area contributed by atoms with Gasteiger partial charge in [0.25, 0.3) is 11.6 Å². The highest BCUT2D eigenvalue weighted by Crippen LogP contribution is 2.29. The molecule has 0 spiro atoms. The number of carbonyl (C=O) groups is 1. The van der Waals surface area contributed by atoms with Gasteiger partial charge in [-0.2, -0.15) is 5.10 Å². The number of nitro benzene ring substituents is 1. The van der Waals surface area contributed by atoms with Crippen molar-refractivity contribution in [2.45, 2.75) is 13.2 Å². The highest BCUT2D eigenvalue weighted by molar-refractivity contribution is 6.32. The number of benzene rings is 1. The summed E-state index contributed by atoms with van der Waals surface area (Å²) in [5.41, 5.74) is 0.711. The van der Waals surface area contributed by atoms with E-state index in [0.29, 0.717) is 12.3 Å². The molecule has 0 saturated carbocycles. The summed E-state index contributed by atoms with van der Waals surface area (Å²) in [5, 5.41) is 17.8. The van der Waals surface area contributed by atoms with Crippen molar-refractivity contribution in [3.63, 3.8) is 0 Å². The normalized spacial score (nSPS) is 10.6. The number of aromatic nitrogens is 2. The number of non-ortho nitro benzene ring substituents is 1. The Kier molecular flexibility index (Phi) is 5.41. The molecule has 0 unspecified atom stereocenters. The Morgan fingerprint density at radius 3 is 2.89 bits per heavy atom. The molecule has 0 aliphatic carbocycles. The smallest absolute Gasteiger partial charge is 0.287 e. The number of amides is 1. The second-order valence-corrected chi connectivity index (χ2v) is 5.96. The molecular formula is C17H15ClN4O5. The van der Waals surface area contributed by atoms with Crippen molar-refractivity contribution in [2.75, 3.05) is 0 Å². The van der Waals surface area contributed by atoms with E-state index in [4.69, 9.17) is 20.8 Å². The van der Waals surface area contributed by atoms with E-state index in [1.807, 2.05) is 0 Å². The molecule has 0 saturated heterocycles. The van der Waals surface area contributed by atoms with Crippen LogP contribution in [0.5, 0.6) is 5.75 Å². The Bertz CT molecular complexity index is 981. The minimum absolute atomic E-state index is 0.0318. The molecule has 0 fully saturated rings. The van der Waals surface area contributed by atoms with Crippen LogP contribution in [-0.2, 0) is 20.2 Å². The Labute approximate surface area is 158 Å². The quantitative estimate of drug-likeness (QED) is 0.490. The molecule has 9 nitrogen and oxygen atoms in total. The lowest BCUT2D eigenvalue weighted by molar-refractivity contribution is -0.384. The third kappa shape index (κ3) is 4.45. The lowest BCUT2D eigenvalue weighted by atomic mass is 10.3. The lowest BCUT2D eigenvalue weighted by Crippen LogP contribution is -2.23.